The molecule has 106 valence electrons. The number of benzene rings is 2. The summed E-state index contributed by atoms with van der Waals surface area (Å²) in [6.07, 6.45) is 0. The van der Waals surface area contributed by atoms with Crippen LogP contribution in [0.5, 0.6) is 0 Å². The third kappa shape index (κ3) is 3.28. The van der Waals surface area contributed by atoms with Crippen LogP contribution < -0.4 is 5.73 Å². The van der Waals surface area contributed by atoms with E-state index in [1.807, 2.05) is 55.5 Å². The third-order valence-electron chi connectivity index (χ3n) is 3.16. The zero-order valence-electron chi connectivity index (χ0n) is 11.7. The lowest BCUT2D eigenvalue weighted by Crippen LogP contribution is -1.89. The maximum absolute atomic E-state index is 6.01. The smallest absolute Gasteiger partial charge is 0.147 e. The number of anilines is 1. The molecule has 4 heteroatoms. The van der Waals surface area contributed by atoms with E-state index in [-0.39, 0.29) is 0 Å². The minimum atomic E-state index is 0.715. The van der Waals surface area contributed by atoms with E-state index in [9.17, 15) is 0 Å². The van der Waals surface area contributed by atoms with Crippen molar-refractivity contribution in [2.45, 2.75) is 17.6 Å². The molecule has 21 heavy (non-hydrogen) atoms. The predicted molar refractivity (Wildman–Crippen MR) is 87.1 cm³/mol. The largest absolute Gasteiger partial charge is 0.398 e. The van der Waals surface area contributed by atoms with Gasteiger partial charge in [0.2, 0.25) is 0 Å². The Morgan fingerprint density at radius 3 is 2.67 bits per heavy atom. The maximum Gasteiger partial charge on any atom is 0.147 e. The maximum atomic E-state index is 6.01. The molecule has 0 aliphatic carbocycles. The molecule has 0 saturated carbocycles. The Labute approximate surface area is 128 Å². The van der Waals surface area contributed by atoms with Gasteiger partial charge in [0.05, 0.1) is 5.75 Å². The van der Waals surface area contributed by atoms with Gasteiger partial charge in [-0.25, -0.2) is 0 Å². The number of hydrogen-bond donors (Lipinski definition) is 1. The molecule has 0 radical (unpaired) electrons. The number of nitrogens with two attached hydrogens (primary N) is 1. The van der Waals surface area contributed by atoms with E-state index >= 15 is 0 Å². The number of rotatable bonds is 4. The molecule has 3 nitrogen and oxygen atoms in total. The minimum Gasteiger partial charge on any atom is -0.398 e. The van der Waals surface area contributed by atoms with Crippen LogP contribution in [0.4, 0.5) is 5.69 Å². The third-order valence-corrected chi connectivity index (χ3v) is 4.28. The lowest BCUT2D eigenvalue weighted by molar-refractivity contribution is 0.397. The molecule has 0 spiro atoms. The van der Waals surface area contributed by atoms with Gasteiger partial charge in [0, 0.05) is 22.2 Å². The molecule has 0 unspecified atom stereocenters. The molecule has 0 amide bonds. The highest BCUT2D eigenvalue weighted by atomic mass is 32.2. The van der Waals surface area contributed by atoms with Gasteiger partial charge >= 0.3 is 0 Å². The molecule has 0 fully saturated rings. The molecule has 3 aromatic rings. The van der Waals surface area contributed by atoms with Gasteiger partial charge in [-0.2, -0.15) is 0 Å². The SMILES string of the molecule is Cc1ccc(SCc2cc(-c3ccccc3)no2)c(N)c1. The second kappa shape index (κ2) is 6.06. The topological polar surface area (TPSA) is 52.0 Å². The number of thioether (sulfide) groups is 1. The summed E-state index contributed by atoms with van der Waals surface area (Å²) in [6, 6.07) is 18.1. The van der Waals surface area contributed by atoms with Crippen molar-refractivity contribution in [2.24, 2.45) is 0 Å². The summed E-state index contributed by atoms with van der Waals surface area (Å²) in [5.41, 5.74) is 9.92. The number of aryl methyl sites for hydroxylation is 1. The lowest BCUT2D eigenvalue weighted by atomic mass is 10.1. The van der Waals surface area contributed by atoms with Crippen molar-refractivity contribution in [1.82, 2.24) is 5.16 Å². The first kappa shape index (κ1) is 13.8. The van der Waals surface area contributed by atoms with E-state index in [2.05, 4.69) is 11.2 Å². The van der Waals surface area contributed by atoms with Crippen LogP contribution in [0.2, 0.25) is 0 Å². The number of nitrogens with zero attached hydrogens (tertiary/aromatic N) is 1. The first-order valence-corrected chi connectivity index (χ1v) is 7.71. The monoisotopic (exact) mass is 296 g/mol. The van der Waals surface area contributed by atoms with Crippen LogP contribution in [-0.4, -0.2) is 5.16 Å². The zero-order valence-corrected chi connectivity index (χ0v) is 12.6. The van der Waals surface area contributed by atoms with Crippen LogP contribution in [0.15, 0.2) is 64.0 Å². The van der Waals surface area contributed by atoms with E-state index in [1.54, 1.807) is 11.8 Å². The fourth-order valence-electron chi connectivity index (χ4n) is 2.07. The lowest BCUT2D eigenvalue weighted by Gasteiger charge is -2.04. The van der Waals surface area contributed by atoms with Gasteiger partial charge in [-0.15, -0.1) is 11.8 Å². The average Bonchev–Trinajstić information content (AvgIpc) is 2.96. The van der Waals surface area contributed by atoms with Crippen molar-refractivity contribution >= 4 is 17.4 Å². The molecule has 0 aliphatic rings. The number of nitrogen functional groups attached to an aromatic ring is 1. The fourth-order valence-corrected chi connectivity index (χ4v) is 2.90. The normalized spacial score (nSPS) is 10.7. The van der Waals surface area contributed by atoms with Gasteiger partial charge in [-0.3, -0.25) is 0 Å². The molecule has 2 aromatic carbocycles. The summed E-state index contributed by atoms with van der Waals surface area (Å²) in [5, 5.41) is 4.12. The van der Waals surface area contributed by atoms with Crippen LogP contribution in [0, 0.1) is 6.92 Å². The highest BCUT2D eigenvalue weighted by Crippen LogP contribution is 2.30. The molecule has 1 aromatic heterocycles. The van der Waals surface area contributed by atoms with Crippen molar-refractivity contribution in [2.75, 3.05) is 5.73 Å². The Morgan fingerprint density at radius 2 is 1.90 bits per heavy atom. The summed E-state index contributed by atoms with van der Waals surface area (Å²) in [5.74, 6) is 1.56. The molecule has 0 saturated heterocycles. The highest BCUT2D eigenvalue weighted by Gasteiger charge is 2.08. The summed E-state index contributed by atoms with van der Waals surface area (Å²) >= 11 is 1.66. The second-order valence-electron chi connectivity index (χ2n) is 4.87. The molecule has 0 aliphatic heterocycles. The zero-order chi connectivity index (χ0) is 14.7. The van der Waals surface area contributed by atoms with Crippen LogP contribution >= 0.6 is 11.8 Å². The van der Waals surface area contributed by atoms with E-state index in [4.69, 9.17) is 10.3 Å². The Bertz CT molecular complexity index is 738. The van der Waals surface area contributed by atoms with Crippen LogP contribution in [-0.2, 0) is 5.75 Å². The van der Waals surface area contributed by atoms with Crippen molar-refractivity contribution in [1.29, 1.82) is 0 Å². The summed E-state index contributed by atoms with van der Waals surface area (Å²) in [7, 11) is 0. The van der Waals surface area contributed by atoms with Gasteiger partial charge in [-0.05, 0) is 24.6 Å². The molecule has 2 N–H and O–H groups in total. The average molecular weight is 296 g/mol. The molecular formula is C17H16N2OS. The molecular weight excluding hydrogens is 280 g/mol. The predicted octanol–water partition coefficient (Wildman–Crippen LogP) is 4.52. The van der Waals surface area contributed by atoms with E-state index in [0.29, 0.717) is 5.75 Å². The molecule has 1 heterocycles. The Hall–Kier alpha value is -2.20. The number of aromatic nitrogens is 1. The van der Waals surface area contributed by atoms with Crippen LogP contribution in [0.25, 0.3) is 11.3 Å². The standard InChI is InChI=1S/C17H16N2OS/c1-12-7-8-17(15(18)9-12)21-11-14-10-16(19-20-14)13-5-3-2-4-6-13/h2-10H,11,18H2,1H3. The minimum absolute atomic E-state index is 0.715. The van der Waals surface area contributed by atoms with E-state index in [0.717, 1.165) is 27.6 Å². The second-order valence-corrected chi connectivity index (χ2v) is 5.89. The molecule has 3 rings (SSSR count). The van der Waals surface area contributed by atoms with E-state index in [1.165, 1.54) is 5.56 Å². The summed E-state index contributed by atoms with van der Waals surface area (Å²) in [6.45, 7) is 2.04. The quantitative estimate of drug-likeness (QED) is 0.568. The van der Waals surface area contributed by atoms with Gasteiger partial charge in [0.1, 0.15) is 11.5 Å². The summed E-state index contributed by atoms with van der Waals surface area (Å²) in [4.78, 5) is 1.07. The van der Waals surface area contributed by atoms with Crippen LogP contribution in [0.1, 0.15) is 11.3 Å². The first-order chi connectivity index (χ1) is 10.2. The van der Waals surface area contributed by atoms with E-state index < -0.39 is 0 Å². The van der Waals surface area contributed by atoms with Gasteiger partial charge in [0.25, 0.3) is 0 Å². The molecule has 0 bridgehead atoms. The van der Waals surface area contributed by atoms with Gasteiger partial charge in [-0.1, -0.05) is 41.6 Å². The fraction of sp³-hybridized carbons (Fsp3) is 0.118. The Morgan fingerprint density at radius 1 is 1.10 bits per heavy atom. The van der Waals surface area contributed by atoms with Crippen molar-refractivity contribution < 1.29 is 4.52 Å². The Kier molecular flexibility index (Phi) is 3.97. The Balaban J connectivity index is 1.70. The summed E-state index contributed by atoms with van der Waals surface area (Å²) < 4.78 is 5.39. The number of hydrogen-bond acceptors (Lipinski definition) is 4. The van der Waals surface area contributed by atoms with Crippen molar-refractivity contribution in [3.05, 3.63) is 65.9 Å². The highest BCUT2D eigenvalue weighted by molar-refractivity contribution is 7.98. The van der Waals surface area contributed by atoms with Crippen molar-refractivity contribution in [3.63, 3.8) is 0 Å². The van der Waals surface area contributed by atoms with Gasteiger partial charge in [0.15, 0.2) is 0 Å². The molecule has 0 atom stereocenters. The van der Waals surface area contributed by atoms with Gasteiger partial charge < -0.3 is 10.3 Å². The van der Waals surface area contributed by atoms with Crippen LogP contribution in [0.3, 0.4) is 0 Å². The van der Waals surface area contributed by atoms with Crippen molar-refractivity contribution in [3.8, 4) is 11.3 Å². The first-order valence-electron chi connectivity index (χ1n) is 6.72.